The van der Waals surface area contributed by atoms with Crippen molar-refractivity contribution < 1.29 is 13.2 Å². The van der Waals surface area contributed by atoms with Crippen molar-refractivity contribution >= 4 is 10.0 Å². The van der Waals surface area contributed by atoms with E-state index in [-0.39, 0.29) is 11.4 Å². The maximum atomic E-state index is 12.3. The van der Waals surface area contributed by atoms with E-state index in [4.69, 9.17) is 10.00 Å². The van der Waals surface area contributed by atoms with Gasteiger partial charge in [0.05, 0.1) is 22.1 Å². The van der Waals surface area contributed by atoms with Crippen LogP contribution in [-0.2, 0) is 14.8 Å². The van der Waals surface area contributed by atoms with Crippen LogP contribution in [0.25, 0.3) is 0 Å². The van der Waals surface area contributed by atoms with Crippen LogP contribution < -0.4 is 4.72 Å². The van der Waals surface area contributed by atoms with Gasteiger partial charge in [-0.3, -0.25) is 0 Å². The molecule has 1 fully saturated rings. The molecule has 20 heavy (non-hydrogen) atoms. The second-order valence-corrected chi connectivity index (χ2v) is 7.05. The van der Waals surface area contributed by atoms with E-state index in [0.29, 0.717) is 17.7 Å². The molecule has 0 radical (unpaired) electrons. The van der Waals surface area contributed by atoms with Crippen molar-refractivity contribution in [2.45, 2.75) is 37.2 Å². The van der Waals surface area contributed by atoms with Gasteiger partial charge >= 0.3 is 0 Å². The van der Waals surface area contributed by atoms with Crippen molar-refractivity contribution in [2.75, 3.05) is 13.2 Å². The van der Waals surface area contributed by atoms with E-state index < -0.39 is 15.6 Å². The molecule has 2 rings (SSSR count). The van der Waals surface area contributed by atoms with Gasteiger partial charge in [0.2, 0.25) is 10.0 Å². The molecule has 1 saturated heterocycles. The maximum absolute atomic E-state index is 12.3. The lowest BCUT2D eigenvalue weighted by Gasteiger charge is -2.23. The summed E-state index contributed by atoms with van der Waals surface area (Å²) in [5.74, 6) is 0. The molecule has 1 aromatic rings. The van der Waals surface area contributed by atoms with Crippen LogP contribution in [0.1, 0.15) is 30.9 Å². The lowest BCUT2D eigenvalue weighted by atomic mass is 10.0. The van der Waals surface area contributed by atoms with Crippen LogP contribution in [0.15, 0.2) is 23.1 Å². The molecule has 0 bridgehead atoms. The monoisotopic (exact) mass is 294 g/mol. The number of hydrogen-bond donors (Lipinski definition) is 1. The highest BCUT2D eigenvalue weighted by molar-refractivity contribution is 7.89. The average molecular weight is 294 g/mol. The smallest absolute Gasteiger partial charge is 0.240 e. The van der Waals surface area contributed by atoms with Crippen LogP contribution in [0.2, 0.25) is 0 Å². The van der Waals surface area contributed by atoms with Crippen LogP contribution in [0, 0.1) is 18.3 Å². The minimum Gasteiger partial charge on any atom is -0.374 e. The number of nitriles is 1. The van der Waals surface area contributed by atoms with E-state index >= 15 is 0 Å². The molecule has 0 spiro atoms. The van der Waals surface area contributed by atoms with Gasteiger partial charge in [-0.05, 0) is 44.4 Å². The van der Waals surface area contributed by atoms with Gasteiger partial charge in [-0.1, -0.05) is 6.07 Å². The molecule has 6 heteroatoms. The van der Waals surface area contributed by atoms with E-state index in [2.05, 4.69) is 4.72 Å². The number of ether oxygens (including phenoxy) is 1. The minimum atomic E-state index is -3.63. The molecule has 0 aromatic heterocycles. The Kier molecular flexibility index (Phi) is 4.14. The van der Waals surface area contributed by atoms with E-state index in [0.717, 1.165) is 12.8 Å². The average Bonchev–Trinajstić information content (AvgIpc) is 2.85. The zero-order valence-corrected chi connectivity index (χ0v) is 12.5. The third kappa shape index (κ3) is 3.18. The summed E-state index contributed by atoms with van der Waals surface area (Å²) in [5.41, 5.74) is 0.515. The number of nitrogens with zero attached hydrogens (tertiary/aromatic N) is 1. The van der Waals surface area contributed by atoms with E-state index in [9.17, 15) is 8.42 Å². The zero-order chi connectivity index (χ0) is 14.8. The Morgan fingerprint density at radius 2 is 2.25 bits per heavy atom. The van der Waals surface area contributed by atoms with Crippen molar-refractivity contribution in [1.29, 1.82) is 5.26 Å². The largest absolute Gasteiger partial charge is 0.374 e. The standard InChI is InChI=1S/C14H18N2O3S/c1-11-4-5-12(9-15)8-13(11)20(17,18)16-10-14(2)6-3-7-19-14/h4-5,8,16H,3,6-7,10H2,1-2H3. The Labute approximate surface area is 119 Å². The molecule has 1 aliphatic heterocycles. The van der Waals surface area contributed by atoms with Crippen molar-refractivity contribution in [3.8, 4) is 6.07 Å². The van der Waals surface area contributed by atoms with Gasteiger partial charge in [-0.15, -0.1) is 0 Å². The quantitative estimate of drug-likeness (QED) is 0.917. The highest BCUT2D eigenvalue weighted by Crippen LogP contribution is 2.25. The first kappa shape index (κ1) is 15.0. The summed E-state index contributed by atoms with van der Waals surface area (Å²) in [6, 6.07) is 6.60. The topological polar surface area (TPSA) is 79.2 Å². The molecule has 0 amide bonds. The van der Waals surface area contributed by atoms with Crippen LogP contribution in [0.5, 0.6) is 0 Å². The zero-order valence-electron chi connectivity index (χ0n) is 11.6. The van der Waals surface area contributed by atoms with Gasteiger partial charge in [0, 0.05) is 13.2 Å². The molecular formula is C14H18N2O3S. The third-order valence-electron chi connectivity index (χ3n) is 3.54. The fourth-order valence-electron chi connectivity index (χ4n) is 2.26. The molecule has 1 atom stereocenters. The Hall–Kier alpha value is -1.42. The summed E-state index contributed by atoms with van der Waals surface area (Å²) in [7, 11) is -3.63. The van der Waals surface area contributed by atoms with Gasteiger partial charge in [-0.25, -0.2) is 13.1 Å². The second-order valence-electron chi connectivity index (χ2n) is 5.32. The molecule has 1 aromatic carbocycles. The van der Waals surface area contributed by atoms with Gasteiger partial charge in [-0.2, -0.15) is 5.26 Å². The SMILES string of the molecule is Cc1ccc(C#N)cc1S(=O)(=O)NCC1(C)CCCO1. The molecule has 0 saturated carbocycles. The number of sulfonamides is 1. The Morgan fingerprint density at radius 3 is 2.85 bits per heavy atom. The molecule has 1 heterocycles. The predicted molar refractivity (Wildman–Crippen MR) is 74.7 cm³/mol. The molecule has 5 nitrogen and oxygen atoms in total. The van der Waals surface area contributed by atoms with E-state index in [1.807, 2.05) is 13.0 Å². The van der Waals surface area contributed by atoms with Crippen molar-refractivity contribution in [3.05, 3.63) is 29.3 Å². The van der Waals surface area contributed by atoms with Crippen molar-refractivity contribution in [3.63, 3.8) is 0 Å². The number of benzene rings is 1. The summed E-state index contributed by atoms with van der Waals surface area (Å²) in [5, 5.41) is 8.88. The van der Waals surface area contributed by atoms with E-state index in [1.165, 1.54) is 6.07 Å². The normalized spacial score (nSPS) is 22.6. The summed E-state index contributed by atoms with van der Waals surface area (Å²) in [6.07, 6.45) is 1.79. The number of aryl methyl sites for hydroxylation is 1. The van der Waals surface area contributed by atoms with Gasteiger partial charge in [0.15, 0.2) is 0 Å². The van der Waals surface area contributed by atoms with Gasteiger partial charge < -0.3 is 4.74 Å². The van der Waals surface area contributed by atoms with E-state index in [1.54, 1.807) is 19.1 Å². The summed E-state index contributed by atoms with van der Waals surface area (Å²) in [6.45, 7) is 4.53. The first-order chi connectivity index (χ1) is 9.36. The summed E-state index contributed by atoms with van der Waals surface area (Å²) >= 11 is 0. The highest BCUT2D eigenvalue weighted by Gasteiger charge is 2.31. The van der Waals surface area contributed by atoms with Crippen LogP contribution in [0.3, 0.4) is 0 Å². The van der Waals surface area contributed by atoms with Crippen LogP contribution in [0.4, 0.5) is 0 Å². The Bertz CT molecular complexity index is 641. The fourth-order valence-corrected chi connectivity index (χ4v) is 3.69. The molecule has 1 N–H and O–H groups in total. The fraction of sp³-hybridized carbons (Fsp3) is 0.500. The molecule has 108 valence electrons. The van der Waals surface area contributed by atoms with Gasteiger partial charge in [0.25, 0.3) is 0 Å². The van der Waals surface area contributed by atoms with Crippen LogP contribution in [-0.4, -0.2) is 27.2 Å². The number of hydrogen-bond acceptors (Lipinski definition) is 4. The maximum Gasteiger partial charge on any atom is 0.240 e. The molecular weight excluding hydrogens is 276 g/mol. The lowest BCUT2D eigenvalue weighted by molar-refractivity contribution is 0.0250. The van der Waals surface area contributed by atoms with Crippen LogP contribution >= 0.6 is 0 Å². The lowest BCUT2D eigenvalue weighted by Crippen LogP contribution is -2.40. The molecule has 1 unspecified atom stereocenters. The summed E-state index contributed by atoms with van der Waals surface area (Å²) in [4.78, 5) is 0.151. The second kappa shape index (κ2) is 5.52. The van der Waals surface area contributed by atoms with Crippen molar-refractivity contribution in [1.82, 2.24) is 4.72 Å². The first-order valence-corrected chi connectivity index (χ1v) is 7.99. The Morgan fingerprint density at radius 1 is 1.50 bits per heavy atom. The first-order valence-electron chi connectivity index (χ1n) is 6.51. The molecule has 1 aliphatic rings. The molecule has 0 aliphatic carbocycles. The minimum absolute atomic E-state index is 0.151. The summed E-state index contributed by atoms with van der Waals surface area (Å²) < 4.78 is 32.8. The van der Waals surface area contributed by atoms with Crippen molar-refractivity contribution in [2.24, 2.45) is 0 Å². The highest BCUT2D eigenvalue weighted by atomic mass is 32.2. The predicted octanol–water partition coefficient (Wildman–Crippen LogP) is 1.71. The Balaban J connectivity index is 2.20. The number of nitrogens with one attached hydrogen (secondary N) is 1. The third-order valence-corrected chi connectivity index (χ3v) is 5.09. The van der Waals surface area contributed by atoms with Gasteiger partial charge in [0.1, 0.15) is 0 Å². The number of rotatable bonds is 4.